The zero-order valence-electron chi connectivity index (χ0n) is 35.4. The number of benzene rings is 11. The highest BCUT2D eigenvalue weighted by molar-refractivity contribution is 7.26. The van der Waals surface area contributed by atoms with Crippen LogP contribution in [0.3, 0.4) is 0 Å². The van der Waals surface area contributed by atoms with Gasteiger partial charge in [0.15, 0.2) is 0 Å². The summed E-state index contributed by atoms with van der Waals surface area (Å²) in [6.07, 6.45) is 0. The first kappa shape index (κ1) is 37.3. The zero-order chi connectivity index (χ0) is 42.8. The predicted molar refractivity (Wildman–Crippen MR) is 280 cm³/mol. The van der Waals surface area contributed by atoms with Crippen LogP contribution in [0.1, 0.15) is 0 Å². The van der Waals surface area contributed by atoms with E-state index in [1.807, 2.05) is 11.3 Å². The van der Waals surface area contributed by atoms with E-state index < -0.39 is 0 Å². The highest BCUT2D eigenvalue weighted by Crippen LogP contribution is 2.50. The largest absolute Gasteiger partial charge is 0.310 e. The van der Waals surface area contributed by atoms with E-state index in [1.54, 1.807) is 0 Å². The van der Waals surface area contributed by atoms with E-state index in [-0.39, 0.29) is 0 Å². The van der Waals surface area contributed by atoms with Crippen LogP contribution < -0.4 is 4.90 Å². The minimum absolute atomic E-state index is 1.10. The number of anilines is 3. The molecule has 2 aromatic heterocycles. The predicted octanol–water partition coefficient (Wildman–Crippen LogP) is 17.9. The normalized spacial score (nSPS) is 11.7. The lowest BCUT2D eigenvalue weighted by Crippen LogP contribution is -2.10. The fourth-order valence-electron chi connectivity index (χ4n) is 10.3. The Bertz CT molecular complexity index is 3940. The van der Waals surface area contributed by atoms with Crippen LogP contribution in [0.4, 0.5) is 17.1 Å². The molecule has 0 aliphatic heterocycles. The Morgan fingerprint density at radius 2 is 0.938 bits per heavy atom. The van der Waals surface area contributed by atoms with Gasteiger partial charge < -0.3 is 9.47 Å². The van der Waals surface area contributed by atoms with Crippen LogP contribution in [0.15, 0.2) is 243 Å². The van der Waals surface area contributed by atoms with Crippen LogP contribution in [-0.2, 0) is 0 Å². The first-order valence-corrected chi connectivity index (χ1v) is 23.1. The van der Waals surface area contributed by atoms with Gasteiger partial charge >= 0.3 is 0 Å². The van der Waals surface area contributed by atoms with Crippen LogP contribution in [-0.4, -0.2) is 4.57 Å². The molecular weight excluding hydrogens is 805 g/mol. The van der Waals surface area contributed by atoms with Gasteiger partial charge in [-0.05, 0) is 110 Å². The molecule has 0 amide bonds. The van der Waals surface area contributed by atoms with Crippen molar-refractivity contribution in [2.24, 2.45) is 0 Å². The molecule has 2 nitrogen and oxygen atoms in total. The van der Waals surface area contributed by atoms with Crippen molar-refractivity contribution in [1.29, 1.82) is 0 Å². The lowest BCUT2D eigenvalue weighted by atomic mass is 9.95. The van der Waals surface area contributed by atoms with Crippen molar-refractivity contribution >= 4 is 91.9 Å². The molecule has 0 fully saturated rings. The molecule has 0 N–H and O–H groups in total. The van der Waals surface area contributed by atoms with Gasteiger partial charge in [-0.3, -0.25) is 0 Å². The molecule has 13 aromatic rings. The number of thiophene rings is 1. The van der Waals surface area contributed by atoms with Crippen molar-refractivity contribution < 1.29 is 0 Å². The second-order valence-corrected chi connectivity index (χ2v) is 17.9. The number of rotatable bonds is 7. The molecule has 0 saturated carbocycles. The maximum Gasteiger partial charge on any atom is 0.0555 e. The minimum atomic E-state index is 1.10. The third kappa shape index (κ3) is 6.08. The monoisotopic (exact) mass is 844 g/mol. The van der Waals surface area contributed by atoms with E-state index >= 15 is 0 Å². The highest BCUT2D eigenvalue weighted by Gasteiger charge is 2.23. The molecule has 0 saturated heterocycles. The van der Waals surface area contributed by atoms with Gasteiger partial charge in [-0.1, -0.05) is 182 Å². The molecule has 0 radical (unpaired) electrons. The molecule has 2 heterocycles. The summed E-state index contributed by atoms with van der Waals surface area (Å²) in [5, 5.41) is 10.0. The van der Waals surface area contributed by atoms with Crippen LogP contribution in [0.2, 0.25) is 0 Å². The fraction of sp³-hybridized carbons (Fsp3) is 0. The van der Waals surface area contributed by atoms with Crippen LogP contribution in [0, 0.1) is 0 Å². The second-order valence-electron chi connectivity index (χ2n) is 16.8. The second kappa shape index (κ2) is 15.2. The molecular formula is C62H40N2S. The third-order valence-corrected chi connectivity index (χ3v) is 14.4. The quantitative estimate of drug-likeness (QED) is 0.155. The Morgan fingerprint density at radius 3 is 1.74 bits per heavy atom. The van der Waals surface area contributed by atoms with Gasteiger partial charge in [0.25, 0.3) is 0 Å². The standard InChI is InChI=1S/C62H40N2S/c1-2-21-45(22-3-1)64-56-31-10-8-26-54(56)60-51(29-15-32-57(60)64)44-20-12-23-47(40-44)63(46-36-34-43(35-37-46)49-28-13-18-41-16-4-6-24-48(41)49)58-39-38-53(52-30-14-19-42-17-5-7-25-50(42)52)62-61(58)55-27-9-11-33-59(55)65-62/h1-40H. The molecule has 65 heavy (non-hydrogen) atoms. The Balaban J connectivity index is 1.05. The van der Waals surface area contributed by atoms with E-state index in [1.165, 1.54) is 96.9 Å². The molecule has 13 rings (SSSR count). The van der Waals surface area contributed by atoms with E-state index in [9.17, 15) is 0 Å². The lowest BCUT2D eigenvalue weighted by Gasteiger charge is -2.28. The maximum absolute atomic E-state index is 2.48. The summed E-state index contributed by atoms with van der Waals surface area (Å²) in [7, 11) is 0. The number of fused-ring (bicyclic) bond motifs is 8. The number of para-hydroxylation sites is 2. The summed E-state index contributed by atoms with van der Waals surface area (Å²) in [4.78, 5) is 2.48. The minimum Gasteiger partial charge on any atom is -0.310 e. The highest BCUT2D eigenvalue weighted by atomic mass is 32.1. The van der Waals surface area contributed by atoms with Gasteiger partial charge in [0.05, 0.1) is 16.7 Å². The molecule has 304 valence electrons. The first-order chi connectivity index (χ1) is 32.3. The molecule has 11 aromatic carbocycles. The summed E-state index contributed by atoms with van der Waals surface area (Å²) in [6, 6.07) is 89.0. The molecule has 0 atom stereocenters. The van der Waals surface area contributed by atoms with Crippen LogP contribution >= 0.6 is 11.3 Å². The van der Waals surface area contributed by atoms with Gasteiger partial charge in [-0.25, -0.2) is 0 Å². The number of nitrogens with zero attached hydrogens (tertiary/aromatic N) is 2. The molecule has 3 heteroatoms. The Labute approximate surface area is 381 Å². The summed E-state index contributed by atoms with van der Waals surface area (Å²) < 4.78 is 4.96. The SMILES string of the molecule is c1ccc(-n2c3ccccc3c3c(-c4cccc(N(c5ccc(-c6cccc7ccccc67)cc5)c5ccc(-c6cccc7ccccc67)c6sc7ccccc7c56)c4)cccc32)cc1. The van der Waals surface area contributed by atoms with E-state index in [2.05, 4.69) is 252 Å². The Hall–Kier alpha value is -8.24. The van der Waals surface area contributed by atoms with Crippen molar-refractivity contribution in [3.8, 4) is 39.1 Å². The zero-order valence-corrected chi connectivity index (χ0v) is 36.2. The van der Waals surface area contributed by atoms with Gasteiger partial charge in [0.1, 0.15) is 0 Å². The van der Waals surface area contributed by atoms with Crippen molar-refractivity contribution in [1.82, 2.24) is 4.57 Å². The van der Waals surface area contributed by atoms with Crippen molar-refractivity contribution in [3.05, 3.63) is 243 Å². The smallest absolute Gasteiger partial charge is 0.0555 e. The van der Waals surface area contributed by atoms with Crippen molar-refractivity contribution in [3.63, 3.8) is 0 Å². The first-order valence-electron chi connectivity index (χ1n) is 22.3. The van der Waals surface area contributed by atoms with Gasteiger partial charge in [0.2, 0.25) is 0 Å². The Kier molecular flexibility index (Phi) is 8.75. The van der Waals surface area contributed by atoms with Crippen LogP contribution in [0.5, 0.6) is 0 Å². The average molecular weight is 845 g/mol. The summed E-state index contributed by atoms with van der Waals surface area (Å²) >= 11 is 1.89. The van der Waals surface area contributed by atoms with Gasteiger partial charge in [-0.15, -0.1) is 11.3 Å². The van der Waals surface area contributed by atoms with Crippen molar-refractivity contribution in [2.75, 3.05) is 4.90 Å². The third-order valence-electron chi connectivity index (χ3n) is 13.2. The molecule has 0 aliphatic carbocycles. The molecule has 0 aliphatic rings. The number of aromatic nitrogens is 1. The Morgan fingerprint density at radius 1 is 0.338 bits per heavy atom. The summed E-state index contributed by atoms with van der Waals surface area (Å²) in [5.74, 6) is 0. The maximum atomic E-state index is 2.48. The molecule has 0 unspecified atom stereocenters. The average Bonchev–Trinajstić information content (AvgIpc) is 3.94. The van der Waals surface area contributed by atoms with Gasteiger partial charge in [-0.2, -0.15) is 0 Å². The number of hydrogen-bond acceptors (Lipinski definition) is 2. The summed E-state index contributed by atoms with van der Waals surface area (Å²) in [5.41, 5.74) is 14.2. The van der Waals surface area contributed by atoms with Gasteiger partial charge in [0, 0.05) is 53.6 Å². The van der Waals surface area contributed by atoms with Crippen molar-refractivity contribution in [2.45, 2.75) is 0 Å². The number of hydrogen-bond donors (Lipinski definition) is 0. The van der Waals surface area contributed by atoms with Crippen LogP contribution in [0.25, 0.3) is 103 Å². The fourth-order valence-corrected chi connectivity index (χ4v) is 11.5. The summed E-state index contributed by atoms with van der Waals surface area (Å²) in [6.45, 7) is 0. The van der Waals surface area contributed by atoms with E-state index in [0.717, 1.165) is 22.7 Å². The molecule has 0 bridgehead atoms. The van der Waals surface area contributed by atoms with E-state index in [4.69, 9.17) is 0 Å². The molecule has 0 spiro atoms. The van der Waals surface area contributed by atoms with E-state index in [0.29, 0.717) is 0 Å². The lowest BCUT2D eigenvalue weighted by molar-refractivity contribution is 1.18. The topological polar surface area (TPSA) is 8.17 Å².